The lowest BCUT2D eigenvalue weighted by Gasteiger charge is -2.03. The van der Waals surface area contributed by atoms with Crippen LogP contribution in [0.1, 0.15) is 53.9 Å². The quantitative estimate of drug-likeness (QED) is 0.458. The predicted molar refractivity (Wildman–Crippen MR) is 63.0 cm³/mol. The van der Waals surface area contributed by atoms with E-state index in [9.17, 15) is 9.59 Å². The molecular weight excluding hydrogens is 208 g/mol. The summed E-state index contributed by atoms with van der Waals surface area (Å²) in [5.41, 5.74) is 0.855. The molecule has 94 valence electrons. The first-order valence-corrected chi connectivity index (χ1v) is 5.41. The Morgan fingerprint density at radius 3 is 1.75 bits per heavy atom. The van der Waals surface area contributed by atoms with Crippen molar-refractivity contribution in [2.45, 2.75) is 53.9 Å². The number of carboxylic acids is 1. The number of ether oxygens (including phenoxy) is 1. The fourth-order valence-corrected chi connectivity index (χ4v) is 0.432. The van der Waals surface area contributed by atoms with Crippen LogP contribution in [0.5, 0.6) is 0 Å². The van der Waals surface area contributed by atoms with Gasteiger partial charge in [0.05, 0.1) is 0 Å². The highest BCUT2D eigenvalue weighted by molar-refractivity contribution is 5.90. The Balaban J connectivity index is 0. The predicted octanol–water partition coefficient (Wildman–Crippen LogP) is 3.12. The lowest BCUT2D eigenvalue weighted by atomic mass is 10.3. The number of hydrogen-bond donors (Lipinski definition) is 1. The maximum atomic E-state index is 10.7. The number of allylic oxidation sites excluding steroid dienone is 2. The van der Waals surface area contributed by atoms with Gasteiger partial charge in [0.2, 0.25) is 0 Å². The summed E-state index contributed by atoms with van der Waals surface area (Å²) >= 11 is 0. The smallest absolute Gasteiger partial charge is 0.322 e. The van der Waals surface area contributed by atoms with Gasteiger partial charge in [-0.2, -0.15) is 0 Å². The average Bonchev–Trinajstić information content (AvgIpc) is 2.16. The number of carboxylic acid groups (broad SMARTS) is 1. The zero-order chi connectivity index (χ0) is 13.1. The van der Waals surface area contributed by atoms with Gasteiger partial charge in [0.25, 0.3) is 0 Å². The molecule has 0 unspecified atom stereocenters. The van der Waals surface area contributed by atoms with Gasteiger partial charge in [0.15, 0.2) is 0 Å². The average molecular weight is 230 g/mol. The first-order valence-electron chi connectivity index (χ1n) is 5.41. The molecule has 0 saturated heterocycles. The highest BCUT2D eigenvalue weighted by atomic mass is 16.5. The second-order valence-corrected chi connectivity index (χ2v) is 3.60. The third kappa shape index (κ3) is 12.7. The topological polar surface area (TPSA) is 63.6 Å². The number of aliphatic carboxylic acids is 1. The van der Waals surface area contributed by atoms with Gasteiger partial charge in [-0.1, -0.05) is 26.7 Å². The molecule has 0 aromatic heterocycles. The van der Waals surface area contributed by atoms with Crippen molar-refractivity contribution in [2.24, 2.45) is 0 Å². The minimum Gasteiger partial charge on any atom is -0.481 e. The van der Waals surface area contributed by atoms with E-state index in [0.29, 0.717) is 5.76 Å². The van der Waals surface area contributed by atoms with E-state index < -0.39 is 18.4 Å². The summed E-state index contributed by atoms with van der Waals surface area (Å²) in [4.78, 5) is 20.8. The van der Waals surface area contributed by atoms with Crippen LogP contribution in [0.4, 0.5) is 0 Å². The van der Waals surface area contributed by atoms with Crippen molar-refractivity contribution in [3.63, 3.8) is 0 Å². The van der Waals surface area contributed by atoms with E-state index >= 15 is 0 Å². The van der Waals surface area contributed by atoms with Crippen LogP contribution in [0.3, 0.4) is 0 Å². The molecule has 4 nitrogen and oxygen atoms in total. The summed E-state index contributed by atoms with van der Waals surface area (Å²) in [6.07, 6.45) is 2.05. The number of unbranched alkanes of at least 4 members (excludes halogenated alkanes) is 1. The van der Waals surface area contributed by atoms with Crippen LogP contribution >= 0.6 is 0 Å². The van der Waals surface area contributed by atoms with E-state index in [2.05, 4.69) is 18.6 Å². The van der Waals surface area contributed by atoms with Gasteiger partial charge in [-0.15, -0.1) is 0 Å². The Morgan fingerprint density at radius 2 is 1.50 bits per heavy atom. The van der Waals surface area contributed by atoms with Crippen LogP contribution in [0.2, 0.25) is 0 Å². The molecule has 1 N–H and O–H groups in total. The molecule has 0 aliphatic carbocycles. The third-order valence-corrected chi connectivity index (χ3v) is 1.77. The molecule has 0 aromatic carbocycles. The molecule has 0 spiro atoms. The van der Waals surface area contributed by atoms with E-state index in [1.54, 1.807) is 20.8 Å². The molecule has 0 aromatic rings. The lowest BCUT2D eigenvalue weighted by Crippen LogP contribution is -2.09. The van der Waals surface area contributed by atoms with Crippen LogP contribution in [0.25, 0.3) is 0 Å². The number of esters is 1. The Labute approximate surface area is 97.3 Å². The molecule has 0 saturated carbocycles. The van der Waals surface area contributed by atoms with Gasteiger partial charge in [-0.3, -0.25) is 9.59 Å². The van der Waals surface area contributed by atoms with Crippen LogP contribution < -0.4 is 0 Å². The van der Waals surface area contributed by atoms with E-state index in [1.165, 1.54) is 12.8 Å². The second kappa shape index (κ2) is 10.2. The van der Waals surface area contributed by atoms with Gasteiger partial charge in [0.1, 0.15) is 12.2 Å². The van der Waals surface area contributed by atoms with Crippen LogP contribution in [0, 0.1) is 0 Å². The van der Waals surface area contributed by atoms with Crippen molar-refractivity contribution < 1.29 is 19.4 Å². The first-order chi connectivity index (χ1) is 7.34. The molecule has 0 heterocycles. The van der Waals surface area contributed by atoms with Gasteiger partial charge >= 0.3 is 11.9 Å². The molecule has 16 heavy (non-hydrogen) atoms. The van der Waals surface area contributed by atoms with Gasteiger partial charge in [-0.05, 0) is 26.3 Å². The van der Waals surface area contributed by atoms with Crippen molar-refractivity contribution in [1.82, 2.24) is 0 Å². The SMILES string of the molecule is CC(C)=C(C)OC(=O)CC(=O)O.CCCC. The number of rotatable bonds is 4. The van der Waals surface area contributed by atoms with Crippen LogP contribution in [-0.2, 0) is 14.3 Å². The van der Waals surface area contributed by atoms with Crippen molar-refractivity contribution in [2.75, 3.05) is 0 Å². The van der Waals surface area contributed by atoms with Crippen molar-refractivity contribution in [3.05, 3.63) is 11.3 Å². The minimum atomic E-state index is -1.18. The number of hydrogen-bond acceptors (Lipinski definition) is 3. The monoisotopic (exact) mass is 230 g/mol. The summed E-state index contributed by atoms with van der Waals surface area (Å²) in [6.45, 7) is 9.54. The maximum absolute atomic E-state index is 10.7. The van der Waals surface area contributed by atoms with E-state index in [1.807, 2.05) is 0 Å². The van der Waals surface area contributed by atoms with Crippen molar-refractivity contribution >= 4 is 11.9 Å². The van der Waals surface area contributed by atoms with Crippen LogP contribution in [0.15, 0.2) is 11.3 Å². The highest BCUT2D eigenvalue weighted by Gasteiger charge is 2.09. The fourth-order valence-electron chi connectivity index (χ4n) is 0.432. The summed E-state index contributed by atoms with van der Waals surface area (Å²) in [6, 6.07) is 0. The van der Waals surface area contributed by atoms with Gasteiger partial charge < -0.3 is 9.84 Å². The summed E-state index contributed by atoms with van der Waals surface area (Å²) in [5.74, 6) is -1.45. The molecule has 0 aliphatic rings. The normalized spacial score (nSPS) is 8.56. The van der Waals surface area contributed by atoms with Crippen molar-refractivity contribution in [1.29, 1.82) is 0 Å². The Kier molecular flexibility index (Phi) is 10.9. The second-order valence-electron chi connectivity index (χ2n) is 3.60. The largest absolute Gasteiger partial charge is 0.481 e. The molecule has 0 rings (SSSR count). The van der Waals surface area contributed by atoms with E-state index in [0.717, 1.165) is 5.57 Å². The minimum absolute atomic E-state index is 0.459. The molecule has 0 aliphatic heterocycles. The number of carbonyl (C=O) groups is 2. The zero-order valence-electron chi connectivity index (χ0n) is 10.8. The molecule has 0 fully saturated rings. The lowest BCUT2D eigenvalue weighted by molar-refractivity contribution is -0.148. The Morgan fingerprint density at radius 1 is 1.06 bits per heavy atom. The molecule has 4 heteroatoms. The first kappa shape index (κ1) is 17.1. The van der Waals surface area contributed by atoms with Gasteiger partial charge in [-0.25, -0.2) is 0 Å². The fraction of sp³-hybridized carbons (Fsp3) is 0.667. The molecule has 0 bridgehead atoms. The maximum Gasteiger partial charge on any atom is 0.322 e. The molecule has 0 atom stereocenters. The number of carbonyl (C=O) groups excluding carboxylic acids is 1. The Bertz CT molecular complexity index is 248. The standard InChI is InChI=1S/C8H12O4.C4H10/c1-5(2)6(3)12-8(11)4-7(9)10;1-3-4-2/h4H2,1-3H3,(H,9,10);3-4H2,1-2H3. The summed E-state index contributed by atoms with van der Waals surface area (Å²) < 4.78 is 4.68. The van der Waals surface area contributed by atoms with Crippen LogP contribution in [-0.4, -0.2) is 17.0 Å². The third-order valence-electron chi connectivity index (χ3n) is 1.77. The highest BCUT2D eigenvalue weighted by Crippen LogP contribution is 2.04. The van der Waals surface area contributed by atoms with Crippen molar-refractivity contribution in [3.8, 4) is 0 Å². The molecular formula is C12H22O4. The van der Waals surface area contributed by atoms with E-state index in [-0.39, 0.29) is 0 Å². The zero-order valence-corrected chi connectivity index (χ0v) is 10.8. The molecule has 0 amide bonds. The van der Waals surface area contributed by atoms with E-state index in [4.69, 9.17) is 5.11 Å². The summed E-state index contributed by atoms with van der Waals surface area (Å²) in [5, 5.41) is 8.22. The van der Waals surface area contributed by atoms with Gasteiger partial charge in [0, 0.05) is 0 Å². The Hall–Kier alpha value is -1.32. The molecule has 0 radical (unpaired) electrons. The summed E-state index contributed by atoms with van der Waals surface area (Å²) in [7, 11) is 0.